The average Bonchev–Trinajstić information content (AvgIpc) is 3.56. The summed E-state index contributed by atoms with van der Waals surface area (Å²) in [4.78, 5) is 37.5. The van der Waals surface area contributed by atoms with Crippen LogP contribution in [0, 0.1) is 0 Å². The van der Waals surface area contributed by atoms with Crippen molar-refractivity contribution in [2.75, 3.05) is 47.5 Å². The normalized spacial score (nSPS) is 13.5. The molecular weight excluding hydrogens is 1080 g/mol. The molecule has 0 aromatic carbocycles. The highest BCUT2D eigenvalue weighted by atomic mass is 16.7. The van der Waals surface area contributed by atoms with Crippen molar-refractivity contribution in [3.05, 3.63) is 134 Å². The van der Waals surface area contributed by atoms with Crippen LogP contribution in [0.25, 0.3) is 0 Å². The Balaban J connectivity index is 4.17. The van der Waals surface area contributed by atoms with Gasteiger partial charge in [-0.3, -0.25) is 9.59 Å². The summed E-state index contributed by atoms with van der Waals surface area (Å²) in [6.45, 7) is 4.62. The molecule has 0 N–H and O–H groups in total. The van der Waals surface area contributed by atoms with Gasteiger partial charge in [0.2, 0.25) is 0 Å². The molecule has 0 radical (unpaired) electrons. The van der Waals surface area contributed by atoms with E-state index in [1.807, 2.05) is 21.1 Å². The van der Waals surface area contributed by atoms with Crippen LogP contribution in [0.1, 0.15) is 284 Å². The highest BCUT2D eigenvalue weighted by Crippen LogP contribution is 2.16. The number of unbranched alkanes of at least 4 members (excludes halogenated alkanes) is 27. The highest BCUT2D eigenvalue weighted by molar-refractivity contribution is 5.70. The first-order chi connectivity index (χ1) is 42.6. The average molecular weight is 1210 g/mol. The zero-order valence-electron chi connectivity index (χ0n) is 56.6. The zero-order chi connectivity index (χ0) is 63.3. The molecule has 0 aromatic rings. The van der Waals surface area contributed by atoms with Gasteiger partial charge in [-0.15, -0.1) is 0 Å². The maximum Gasteiger partial charge on any atom is 0.306 e. The fraction of sp³-hybridized carbons (Fsp3) is 0.679. The van der Waals surface area contributed by atoms with E-state index < -0.39 is 24.3 Å². The molecule has 0 aliphatic carbocycles. The van der Waals surface area contributed by atoms with E-state index >= 15 is 0 Å². The molecule has 0 rings (SSSR count). The van der Waals surface area contributed by atoms with Crippen LogP contribution in [-0.2, 0) is 33.3 Å². The summed E-state index contributed by atoms with van der Waals surface area (Å²) in [5.41, 5.74) is 0. The predicted molar refractivity (Wildman–Crippen MR) is 370 cm³/mol. The second-order valence-electron chi connectivity index (χ2n) is 24.4. The minimum Gasteiger partial charge on any atom is -0.545 e. The largest absolute Gasteiger partial charge is 0.545 e. The minimum atomic E-state index is -1.63. The Bertz CT molecular complexity index is 1890. The Morgan fingerprint density at radius 3 is 0.977 bits per heavy atom. The van der Waals surface area contributed by atoms with Gasteiger partial charge in [-0.1, -0.05) is 289 Å². The summed E-state index contributed by atoms with van der Waals surface area (Å²) in [6.07, 6.45) is 93.8. The number of carbonyl (C=O) groups excluding carboxylic acids is 3. The molecule has 2 unspecified atom stereocenters. The van der Waals surface area contributed by atoms with Crippen molar-refractivity contribution in [1.29, 1.82) is 0 Å². The van der Waals surface area contributed by atoms with Gasteiger partial charge < -0.3 is 33.3 Å². The third-order valence-corrected chi connectivity index (χ3v) is 14.9. The molecule has 0 aromatic heterocycles. The molecule has 0 saturated carbocycles. The zero-order valence-corrected chi connectivity index (χ0v) is 56.6. The molecular formula is C78H131NO8. The molecule has 0 aliphatic heterocycles. The van der Waals surface area contributed by atoms with Crippen molar-refractivity contribution < 1.29 is 42.9 Å². The molecule has 9 nitrogen and oxygen atoms in total. The minimum absolute atomic E-state index is 0.141. The number of esters is 2. The number of nitrogens with zero attached hydrogens (tertiary/aromatic N) is 1. The molecule has 0 aliphatic rings. The van der Waals surface area contributed by atoms with Crippen molar-refractivity contribution in [2.45, 2.75) is 296 Å². The maximum absolute atomic E-state index is 12.9. The number of hydrogen-bond acceptors (Lipinski definition) is 8. The molecule has 87 heavy (non-hydrogen) atoms. The lowest BCUT2D eigenvalue weighted by atomic mass is 10.0. The standard InChI is InChI=1S/C78H131NO8/c1-6-8-10-12-14-16-18-20-22-24-26-28-30-32-34-35-36-37-38-39-40-41-43-45-47-49-51-53-55-57-59-61-63-65-67-69-76(81)87-74(73-86-78(77(82)83)84-71-70-79(3,4)5)72-85-75(80)68-66-64-62-60-58-56-54-52-50-48-46-44-42-33-31-29-27-25-23-21-19-17-15-13-11-9-7-2/h8,10,14,16,19-22,25-28,31-34,36-37,39-40,43,45,74,78H,6-7,9,11-13,15,17-18,23-24,29-30,35,38,41-42,44,46-73H2,1-5H3/b10-8-,16-14-,21-19-,22-20-,27-25-,28-26-,33-31-,34-32-,37-36-,40-39-,45-43-. The highest BCUT2D eigenvalue weighted by Gasteiger charge is 2.22. The number of quaternary nitrogens is 1. The second-order valence-corrected chi connectivity index (χ2v) is 24.4. The van der Waals surface area contributed by atoms with Crippen LogP contribution in [0.4, 0.5) is 0 Å². The number of carboxylic acid groups (broad SMARTS) is 1. The number of hydrogen-bond donors (Lipinski definition) is 0. The van der Waals surface area contributed by atoms with Crippen molar-refractivity contribution in [3.63, 3.8) is 0 Å². The third-order valence-electron chi connectivity index (χ3n) is 14.9. The lowest BCUT2D eigenvalue weighted by Gasteiger charge is -2.26. The van der Waals surface area contributed by atoms with Crippen LogP contribution in [-0.4, -0.2) is 82.3 Å². The van der Waals surface area contributed by atoms with E-state index in [1.165, 1.54) is 141 Å². The van der Waals surface area contributed by atoms with E-state index in [0.29, 0.717) is 17.4 Å². The van der Waals surface area contributed by atoms with Crippen molar-refractivity contribution in [2.24, 2.45) is 0 Å². The van der Waals surface area contributed by atoms with Gasteiger partial charge in [-0.25, -0.2) is 0 Å². The van der Waals surface area contributed by atoms with E-state index in [-0.39, 0.29) is 38.6 Å². The maximum atomic E-state index is 12.9. The summed E-state index contributed by atoms with van der Waals surface area (Å²) < 4.78 is 22.8. The number of aliphatic carboxylic acids is 1. The van der Waals surface area contributed by atoms with Gasteiger partial charge in [0.15, 0.2) is 12.4 Å². The van der Waals surface area contributed by atoms with Gasteiger partial charge in [-0.2, -0.15) is 0 Å². The van der Waals surface area contributed by atoms with Crippen LogP contribution in [0.15, 0.2) is 134 Å². The summed E-state index contributed by atoms with van der Waals surface area (Å²) >= 11 is 0. The number of ether oxygens (including phenoxy) is 4. The molecule has 0 bridgehead atoms. The summed E-state index contributed by atoms with van der Waals surface area (Å²) in [7, 11) is 5.92. The molecule has 9 heteroatoms. The fourth-order valence-corrected chi connectivity index (χ4v) is 9.50. The molecule has 496 valence electrons. The summed E-state index contributed by atoms with van der Waals surface area (Å²) in [6, 6.07) is 0. The molecule has 2 atom stereocenters. The van der Waals surface area contributed by atoms with E-state index in [0.717, 1.165) is 109 Å². The molecule has 0 heterocycles. The van der Waals surface area contributed by atoms with Crippen molar-refractivity contribution in [3.8, 4) is 0 Å². The SMILES string of the molecule is CC/C=C\C/C=C\C/C=C\C/C=C\C/C=C\C/C=C\C/C=C\C/C=C\CCCCCCCCCCCCC(=O)OC(COC(=O)CCCCCCCCCCCCCC/C=C\C/C=C\C/C=C\CCCCCCC)COC(OCC[N+](C)(C)C)C(=O)[O-]. The first-order valence-electron chi connectivity index (χ1n) is 35.3. The first kappa shape index (κ1) is 82.4. The van der Waals surface area contributed by atoms with Crippen LogP contribution in [0.5, 0.6) is 0 Å². The van der Waals surface area contributed by atoms with E-state index in [9.17, 15) is 19.5 Å². The van der Waals surface area contributed by atoms with Crippen LogP contribution >= 0.6 is 0 Å². The smallest absolute Gasteiger partial charge is 0.306 e. The van der Waals surface area contributed by atoms with Crippen molar-refractivity contribution in [1.82, 2.24) is 0 Å². The van der Waals surface area contributed by atoms with E-state index in [1.54, 1.807) is 0 Å². The van der Waals surface area contributed by atoms with Gasteiger partial charge in [0.05, 0.1) is 40.3 Å². The molecule has 0 fully saturated rings. The topological polar surface area (TPSA) is 111 Å². The Hall–Kier alpha value is -4.57. The lowest BCUT2D eigenvalue weighted by Crippen LogP contribution is -2.44. The third kappa shape index (κ3) is 68.8. The summed E-state index contributed by atoms with van der Waals surface area (Å²) in [5, 5.41) is 11.8. The fourth-order valence-electron chi connectivity index (χ4n) is 9.50. The Morgan fingerprint density at radius 1 is 0.356 bits per heavy atom. The quantitative estimate of drug-likeness (QED) is 0.0195. The molecule has 0 saturated heterocycles. The van der Waals surface area contributed by atoms with Gasteiger partial charge in [0.1, 0.15) is 13.2 Å². The van der Waals surface area contributed by atoms with Gasteiger partial charge in [-0.05, 0) is 116 Å². The summed E-state index contributed by atoms with van der Waals surface area (Å²) in [5.74, 6) is -2.29. The number of likely N-dealkylation sites (N-methyl/N-ethyl adjacent to an activating group) is 1. The number of carbonyl (C=O) groups is 3. The monoisotopic (exact) mass is 1210 g/mol. The Kier molecular flexibility index (Phi) is 63.8. The number of allylic oxidation sites excluding steroid dienone is 22. The Labute approximate surface area is 535 Å². The van der Waals surface area contributed by atoms with E-state index in [4.69, 9.17) is 18.9 Å². The van der Waals surface area contributed by atoms with Crippen molar-refractivity contribution >= 4 is 17.9 Å². The van der Waals surface area contributed by atoms with Gasteiger partial charge in [0, 0.05) is 12.8 Å². The molecule has 0 spiro atoms. The van der Waals surface area contributed by atoms with Crippen LogP contribution in [0.3, 0.4) is 0 Å². The van der Waals surface area contributed by atoms with E-state index in [2.05, 4.69) is 148 Å². The first-order valence-corrected chi connectivity index (χ1v) is 35.3. The van der Waals surface area contributed by atoms with Gasteiger partial charge in [0.25, 0.3) is 0 Å². The Morgan fingerprint density at radius 2 is 0.655 bits per heavy atom. The second kappa shape index (κ2) is 67.4. The number of rotatable bonds is 64. The number of carboxylic acids is 1. The lowest BCUT2D eigenvalue weighted by molar-refractivity contribution is -0.870. The molecule has 0 amide bonds. The van der Waals surface area contributed by atoms with Crippen LogP contribution < -0.4 is 5.11 Å². The predicted octanol–water partition coefficient (Wildman–Crippen LogP) is 20.8. The van der Waals surface area contributed by atoms with Gasteiger partial charge >= 0.3 is 11.9 Å². The van der Waals surface area contributed by atoms with Crippen LogP contribution in [0.2, 0.25) is 0 Å².